The molecule has 0 atom stereocenters. The second kappa shape index (κ2) is 5.12. The monoisotopic (exact) mass is 230 g/mol. The van der Waals surface area contributed by atoms with Gasteiger partial charge in [-0.15, -0.1) is 0 Å². The fourth-order valence-corrected chi connectivity index (χ4v) is 3.20. The van der Waals surface area contributed by atoms with E-state index in [9.17, 15) is 4.79 Å². The second-order valence-corrected chi connectivity index (χ2v) is 5.75. The van der Waals surface area contributed by atoms with Crippen molar-refractivity contribution in [2.24, 2.45) is 0 Å². The van der Waals surface area contributed by atoms with Crippen molar-refractivity contribution in [2.45, 2.75) is 12.8 Å². The Labute approximate surface area is 98.5 Å². The molecular weight excluding hydrogens is 220 g/mol. The molecule has 2 aliphatic carbocycles. The molecule has 0 radical (unpaired) electrons. The van der Waals surface area contributed by atoms with E-state index < -0.39 is 0 Å². The maximum Gasteiger partial charge on any atom is 0.280 e. The zero-order chi connectivity index (χ0) is 10.5. The third-order valence-corrected chi connectivity index (χ3v) is 4.25. The van der Waals surface area contributed by atoms with Crippen LogP contribution in [0.4, 0.5) is 0 Å². The summed E-state index contributed by atoms with van der Waals surface area (Å²) < 4.78 is 3.36. The molecule has 0 aliphatic heterocycles. The van der Waals surface area contributed by atoms with Crippen LogP contribution in [0.25, 0.3) is 0 Å². The molecular formula is C13H10OTi. The Morgan fingerprint density at radius 3 is 1.73 bits per heavy atom. The van der Waals surface area contributed by atoms with Gasteiger partial charge in [-0.25, -0.2) is 0 Å². The first kappa shape index (κ1) is 10.4. The number of rotatable bonds is 2. The Morgan fingerprint density at radius 1 is 1.00 bits per heavy atom. The Balaban J connectivity index is 0.000000179. The molecule has 0 saturated heterocycles. The van der Waals surface area contributed by atoms with Crippen LogP contribution in [0.5, 0.6) is 0 Å². The zero-order valence-electron chi connectivity index (χ0n) is 8.29. The Bertz CT molecular complexity index is 414. The molecule has 1 nitrogen and oxygen atoms in total. The van der Waals surface area contributed by atoms with Crippen LogP contribution in [0.2, 0.25) is 0 Å². The van der Waals surface area contributed by atoms with Gasteiger partial charge >= 0.3 is 76.2 Å². The standard InChI is InChI=1S/2C5H5.C3O.Ti/c2*1-2-4-5-3-1;4-3-1-2-3;/h2*1-3H,4H2;;. The van der Waals surface area contributed by atoms with Gasteiger partial charge in [0.1, 0.15) is 0 Å². The molecule has 0 amide bonds. The summed E-state index contributed by atoms with van der Waals surface area (Å²) in [6, 6.07) is 4.42. The largest absolute Gasteiger partial charge is 0.280 e. The van der Waals surface area contributed by atoms with Crippen LogP contribution >= 0.6 is 0 Å². The van der Waals surface area contributed by atoms with Crippen LogP contribution in [0.1, 0.15) is 12.8 Å². The Morgan fingerprint density at radius 2 is 1.47 bits per heavy atom. The van der Waals surface area contributed by atoms with E-state index in [1.807, 2.05) is 0 Å². The van der Waals surface area contributed by atoms with Crippen LogP contribution < -0.4 is 5.43 Å². The van der Waals surface area contributed by atoms with Gasteiger partial charge in [-0.2, -0.15) is 0 Å². The molecule has 0 bridgehead atoms. The molecule has 0 aromatic heterocycles. The summed E-state index contributed by atoms with van der Waals surface area (Å²) in [6.07, 6.45) is 15.9. The zero-order valence-corrected chi connectivity index (χ0v) is 9.85. The third kappa shape index (κ3) is 3.87. The van der Waals surface area contributed by atoms with Crippen molar-refractivity contribution in [1.29, 1.82) is 0 Å². The molecule has 15 heavy (non-hydrogen) atoms. The molecule has 2 aliphatic rings. The summed E-state index contributed by atoms with van der Waals surface area (Å²) >= 11 is 0.0833. The summed E-state index contributed by atoms with van der Waals surface area (Å²) in [5, 5.41) is 0. The third-order valence-electron chi connectivity index (χ3n) is 2.09. The van der Waals surface area contributed by atoms with Gasteiger partial charge in [0.25, 0.3) is 5.43 Å². The van der Waals surface area contributed by atoms with E-state index in [2.05, 4.69) is 48.6 Å². The van der Waals surface area contributed by atoms with Crippen LogP contribution in [0.3, 0.4) is 0 Å². The average Bonchev–Trinajstić information content (AvgIpc) is 2.79. The molecule has 1 aromatic carbocycles. The number of allylic oxidation sites excluding steroid dienone is 8. The van der Waals surface area contributed by atoms with Crippen molar-refractivity contribution in [3.63, 3.8) is 0 Å². The van der Waals surface area contributed by atoms with Gasteiger partial charge in [0.05, 0.1) is 0 Å². The summed E-state index contributed by atoms with van der Waals surface area (Å²) in [7, 11) is 0. The summed E-state index contributed by atoms with van der Waals surface area (Å²) in [4.78, 5) is 9.33. The van der Waals surface area contributed by atoms with Crippen LogP contribution in [-0.4, -0.2) is 0 Å². The molecule has 0 fully saturated rings. The molecule has 3 rings (SSSR count). The predicted molar refractivity (Wildman–Crippen MR) is 56.4 cm³/mol. The molecule has 0 unspecified atom stereocenters. The molecule has 0 spiro atoms. The van der Waals surface area contributed by atoms with Crippen LogP contribution in [-0.2, 0) is 19.2 Å². The quantitative estimate of drug-likeness (QED) is 0.712. The van der Waals surface area contributed by atoms with Crippen molar-refractivity contribution in [3.05, 3.63) is 66.6 Å². The van der Waals surface area contributed by atoms with Crippen molar-refractivity contribution < 1.29 is 19.2 Å². The molecule has 1 aromatic rings. The maximum atomic E-state index is 9.33. The predicted octanol–water partition coefficient (Wildman–Crippen LogP) is 2.28. The number of hydrogen-bond acceptors (Lipinski definition) is 1. The molecule has 0 heterocycles. The Hall–Kier alpha value is -1.10. The average molecular weight is 230 g/mol. The van der Waals surface area contributed by atoms with Gasteiger partial charge in [-0.05, 0) is 12.1 Å². The van der Waals surface area contributed by atoms with E-state index in [0.717, 1.165) is 0 Å². The van der Waals surface area contributed by atoms with E-state index in [1.54, 1.807) is 7.76 Å². The van der Waals surface area contributed by atoms with Gasteiger partial charge in [0.2, 0.25) is 0 Å². The van der Waals surface area contributed by atoms with Crippen LogP contribution in [0.15, 0.2) is 49.0 Å². The summed E-state index contributed by atoms with van der Waals surface area (Å²) in [5.41, 5.74) is -0.0833. The topological polar surface area (TPSA) is 17.1 Å². The molecule has 0 N–H and O–H groups in total. The Kier molecular flexibility index (Phi) is 3.56. The van der Waals surface area contributed by atoms with E-state index in [4.69, 9.17) is 0 Å². The van der Waals surface area contributed by atoms with Gasteiger partial charge in [-0.1, -0.05) is 0 Å². The molecule has 2 heteroatoms. The minimum absolute atomic E-state index is 0.0833. The van der Waals surface area contributed by atoms with E-state index >= 15 is 0 Å². The molecule has 0 saturated carbocycles. The van der Waals surface area contributed by atoms with Gasteiger partial charge in [0, 0.05) is 0 Å². The first-order chi connectivity index (χ1) is 7.34. The first-order valence-corrected chi connectivity index (χ1v) is 6.45. The summed E-state index contributed by atoms with van der Waals surface area (Å²) in [5.74, 6) is 0. The fraction of sp³-hybridized carbons (Fsp3) is 0.154. The first-order valence-electron chi connectivity index (χ1n) is 4.89. The normalized spacial score (nSPS) is 16.8. The van der Waals surface area contributed by atoms with Crippen molar-refractivity contribution in [3.8, 4) is 0 Å². The van der Waals surface area contributed by atoms with Gasteiger partial charge < -0.3 is 0 Å². The van der Waals surface area contributed by atoms with Gasteiger partial charge in [-0.3, -0.25) is 4.79 Å². The van der Waals surface area contributed by atoms with Crippen molar-refractivity contribution >= 4 is 0 Å². The smallest absolute Gasteiger partial charge is 0.270 e. The SMILES string of the molecule is C1=CC[C]([Ti][C]2=CC=CC2)=C1.O=c1c#c1. The molecule has 72 valence electrons. The van der Waals surface area contributed by atoms with E-state index in [-0.39, 0.29) is 24.6 Å². The number of hydrogen-bond donors (Lipinski definition) is 0. The minimum atomic E-state index is -0.0833. The second-order valence-electron chi connectivity index (χ2n) is 3.35. The van der Waals surface area contributed by atoms with Crippen molar-refractivity contribution in [2.75, 3.05) is 0 Å². The maximum absolute atomic E-state index is 9.33. The van der Waals surface area contributed by atoms with Crippen molar-refractivity contribution in [1.82, 2.24) is 0 Å². The van der Waals surface area contributed by atoms with E-state index in [1.165, 1.54) is 12.8 Å². The van der Waals surface area contributed by atoms with Crippen LogP contribution in [0, 0.1) is 12.1 Å². The minimum Gasteiger partial charge on any atom is -0.270 e. The summed E-state index contributed by atoms with van der Waals surface area (Å²) in [6.45, 7) is 0. The fourth-order valence-electron chi connectivity index (χ4n) is 1.31. The van der Waals surface area contributed by atoms with E-state index in [0.29, 0.717) is 0 Å². The van der Waals surface area contributed by atoms with Gasteiger partial charge in [0.15, 0.2) is 0 Å².